The average molecular weight is 387 g/mol. The zero-order chi connectivity index (χ0) is 20.0. The molecule has 7 nitrogen and oxygen atoms in total. The first-order valence-corrected chi connectivity index (χ1v) is 12.0. The van der Waals surface area contributed by atoms with E-state index in [2.05, 4.69) is 44.2 Å². The van der Waals surface area contributed by atoms with Crippen LogP contribution in [0.15, 0.2) is 30.5 Å². The van der Waals surface area contributed by atoms with Crippen molar-refractivity contribution in [1.82, 2.24) is 15.0 Å². The van der Waals surface area contributed by atoms with Gasteiger partial charge in [0.1, 0.15) is 0 Å². The molecule has 0 N–H and O–H groups in total. The van der Waals surface area contributed by atoms with E-state index >= 15 is 0 Å². The lowest BCUT2D eigenvalue weighted by molar-refractivity contribution is 0.0925. The lowest BCUT2D eigenvalue weighted by atomic mass is 10.1. The number of hydrogen-bond acceptors (Lipinski definition) is 5. The monoisotopic (exact) mass is 386 g/mol. The molecule has 1 aliphatic rings. The molecule has 1 aromatic heterocycles. The Kier molecular flexibility index (Phi) is 4.81. The second-order valence-corrected chi connectivity index (χ2v) is 13.3. The summed E-state index contributed by atoms with van der Waals surface area (Å²) >= 11 is 0. The highest BCUT2D eigenvalue weighted by Crippen LogP contribution is 2.37. The highest BCUT2D eigenvalue weighted by Gasteiger charge is 2.39. The van der Waals surface area contributed by atoms with E-state index in [-0.39, 0.29) is 28.7 Å². The Balaban J connectivity index is 1.74. The van der Waals surface area contributed by atoms with Gasteiger partial charge in [-0.2, -0.15) is 0 Å². The Morgan fingerprint density at radius 3 is 2.19 bits per heavy atom. The molecule has 3 rings (SSSR count). The van der Waals surface area contributed by atoms with Gasteiger partial charge in [0.2, 0.25) is 0 Å². The van der Waals surface area contributed by atoms with E-state index in [0.29, 0.717) is 17.7 Å². The summed E-state index contributed by atoms with van der Waals surface area (Å²) in [5.41, 5.74) is 0.790. The number of hydrogen-bond donors (Lipinski definition) is 0. The third-order valence-electron chi connectivity index (χ3n) is 5.46. The first-order valence-electron chi connectivity index (χ1n) is 9.06. The van der Waals surface area contributed by atoms with E-state index in [4.69, 9.17) is 4.43 Å². The second kappa shape index (κ2) is 6.69. The van der Waals surface area contributed by atoms with Crippen molar-refractivity contribution < 1.29 is 14.0 Å². The maximum absolute atomic E-state index is 12.6. The van der Waals surface area contributed by atoms with Gasteiger partial charge >= 0.3 is 0 Å². The van der Waals surface area contributed by atoms with E-state index in [0.717, 1.165) is 4.90 Å². The number of nitrogens with zero attached hydrogens (tertiary/aromatic N) is 4. The summed E-state index contributed by atoms with van der Waals surface area (Å²) in [6.07, 6.45) is 1.63. The van der Waals surface area contributed by atoms with Crippen LogP contribution in [0.25, 0.3) is 0 Å². The molecule has 0 spiro atoms. The fourth-order valence-corrected chi connectivity index (χ4v) is 3.70. The van der Waals surface area contributed by atoms with Crippen LogP contribution in [0.3, 0.4) is 0 Å². The Bertz CT molecular complexity index is 850. The highest BCUT2D eigenvalue weighted by atomic mass is 28.4. The number of carbonyl (C=O) groups is 2. The molecule has 2 aromatic rings. The molecular formula is C19H26N4O3Si. The predicted molar refractivity (Wildman–Crippen MR) is 105 cm³/mol. The van der Waals surface area contributed by atoms with Gasteiger partial charge in [-0.3, -0.25) is 9.59 Å². The summed E-state index contributed by atoms with van der Waals surface area (Å²) in [7, 11) is -1.86. The summed E-state index contributed by atoms with van der Waals surface area (Å²) in [5.74, 6) is -0.499. The van der Waals surface area contributed by atoms with E-state index in [9.17, 15) is 9.59 Å². The van der Waals surface area contributed by atoms with Crippen LogP contribution >= 0.6 is 0 Å². The minimum Gasteiger partial charge on any atom is -0.415 e. The molecule has 0 fully saturated rings. The quantitative estimate of drug-likeness (QED) is 0.579. The maximum Gasteiger partial charge on any atom is 0.267 e. The normalized spacial score (nSPS) is 16.0. The van der Waals surface area contributed by atoms with E-state index in [1.807, 2.05) is 6.92 Å². The Hall–Kier alpha value is -2.32. The zero-order valence-electron chi connectivity index (χ0n) is 16.7. The van der Waals surface area contributed by atoms with Crippen LogP contribution in [0.1, 0.15) is 54.5 Å². The summed E-state index contributed by atoms with van der Waals surface area (Å²) in [6.45, 7) is 13.5. The van der Waals surface area contributed by atoms with Gasteiger partial charge in [0.25, 0.3) is 11.8 Å². The number of amides is 2. The van der Waals surface area contributed by atoms with Crippen molar-refractivity contribution in [2.45, 2.75) is 51.9 Å². The molecular weight excluding hydrogens is 360 g/mol. The number of rotatable bonds is 5. The van der Waals surface area contributed by atoms with Crippen molar-refractivity contribution in [3.05, 3.63) is 41.6 Å². The molecule has 2 amide bonds. The third kappa shape index (κ3) is 3.46. The Labute approximate surface area is 160 Å². The van der Waals surface area contributed by atoms with Gasteiger partial charge in [0.05, 0.1) is 30.0 Å². The van der Waals surface area contributed by atoms with Crippen molar-refractivity contribution in [3.63, 3.8) is 0 Å². The van der Waals surface area contributed by atoms with Crippen LogP contribution in [0.2, 0.25) is 18.1 Å². The summed E-state index contributed by atoms with van der Waals surface area (Å²) in [6, 6.07) is 6.72. The van der Waals surface area contributed by atoms with Crippen LogP contribution in [0.4, 0.5) is 5.82 Å². The van der Waals surface area contributed by atoms with Gasteiger partial charge in [0.15, 0.2) is 14.1 Å². The van der Waals surface area contributed by atoms with Crippen LogP contribution in [0, 0.1) is 0 Å². The van der Waals surface area contributed by atoms with Crippen LogP contribution in [-0.4, -0.2) is 41.7 Å². The molecule has 0 radical (unpaired) electrons. The number of aromatic nitrogens is 3. The molecule has 1 aliphatic heterocycles. The summed E-state index contributed by atoms with van der Waals surface area (Å²) < 4.78 is 7.89. The van der Waals surface area contributed by atoms with Crippen molar-refractivity contribution in [2.24, 2.45) is 0 Å². The summed E-state index contributed by atoms with van der Waals surface area (Å²) in [5, 5.41) is 8.29. The molecule has 144 valence electrons. The average Bonchev–Trinajstić information content (AvgIpc) is 3.16. The molecule has 27 heavy (non-hydrogen) atoms. The minimum absolute atomic E-state index is 0.0597. The molecule has 8 heteroatoms. The molecule has 1 atom stereocenters. The highest BCUT2D eigenvalue weighted by molar-refractivity contribution is 6.74. The molecule has 0 saturated heterocycles. The van der Waals surface area contributed by atoms with E-state index in [1.165, 1.54) is 0 Å². The van der Waals surface area contributed by atoms with Crippen molar-refractivity contribution in [3.8, 4) is 0 Å². The fourth-order valence-electron chi connectivity index (χ4n) is 2.60. The molecule has 1 aromatic carbocycles. The van der Waals surface area contributed by atoms with Gasteiger partial charge < -0.3 is 4.43 Å². The number of benzene rings is 1. The lowest BCUT2D eigenvalue weighted by Gasteiger charge is -2.36. The molecule has 0 bridgehead atoms. The number of carbonyl (C=O) groups excluding carboxylic acids is 2. The molecule has 0 saturated carbocycles. The number of imide groups is 1. The van der Waals surface area contributed by atoms with Crippen molar-refractivity contribution in [1.29, 1.82) is 0 Å². The van der Waals surface area contributed by atoms with Gasteiger partial charge in [-0.05, 0) is 37.2 Å². The minimum atomic E-state index is -1.86. The van der Waals surface area contributed by atoms with Gasteiger partial charge in [-0.1, -0.05) is 38.1 Å². The Morgan fingerprint density at radius 2 is 1.67 bits per heavy atom. The van der Waals surface area contributed by atoms with Crippen molar-refractivity contribution in [2.75, 3.05) is 11.5 Å². The predicted octanol–water partition coefficient (Wildman–Crippen LogP) is 3.66. The fraction of sp³-hybridized carbons (Fsp3) is 0.474. The summed E-state index contributed by atoms with van der Waals surface area (Å²) in [4.78, 5) is 26.2. The first kappa shape index (κ1) is 19.4. The van der Waals surface area contributed by atoms with Gasteiger partial charge in [-0.25, -0.2) is 9.58 Å². The Morgan fingerprint density at radius 1 is 1.11 bits per heavy atom. The largest absolute Gasteiger partial charge is 0.415 e. The van der Waals surface area contributed by atoms with Gasteiger partial charge in [0, 0.05) is 0 Å². The molecule has 0 unspecified atom stereocenters. The molecule has 2 heterocycles. The molecule has 0 aliphatic carbocycles. The van der Waals surface area contributed by atoms with Crippen LogP contribution in [-0.2, 0) is 4.43 Å². The topological polar surface area (TPSA) is 77.3 Å². The SMILES string of the molecule is C[C@@H](CO[Si](C)(C)C(C)(C)C)n1cc(N2C(=O)c3ccccc3C2=O)nn1. The van der Waals surface area contributed by atoms with Gasteiger partial charge in [-0.15, -0.1) is 5.10 Å². The second-order valence-electron chi connectivity index (χ2n) is 8.47. The van der Waals surface area contributed by atoms with E-state index < -0.39 is 8.32 Å². The van der Waals surface area contributed by atoms with Crippen LogP contribution in [0.5, 0.6) is 0 Å². The van der Waals surface area contributed by atoms with E-state index in [1.54, 1.807) is 35.1 Å². The smallest absolute Gasteiger partial charge is 0.267 e. The number of anilines is 1. The number of fused-ring (bicyclic) bond motifs is 1. The van der Waals surface area contributed by atoms with Crippen molar-refractivity contribution >= 4 is 25.9 Å². The third-order valence-corrected chi connectivity index (χ3v) is 9.97. The standard InChI is InChI=1S/C19H26N4O3Si/c1-13(12-26-27(5,6)19(2,3)4)22-11-16(20-21-22)23-17(24)14-9-7-8-10-15(14)18(23)25/h7-11,13H,12H2,1-6H3/t13-/m0/s1. The van der Waals surface area contributed by atoms with Crippen LogP contribution < -0.4 is 4.90 Å². The lowest BCUT2D eigenvalue weighted by Crippen LogP contribution is -2.42. The first-order chi connectivity index (χ1) is 12.5. The zero-order valence-corrected chi connectivity index (χ0v) is 17.7. The maximum atomic E-state index is 12.6.